The summed E-state index contributed by atoms with van der Waals surface area (Å²) in [5.41, 5.74) is 3.36. The van der Waals surface area contributed by atoms with Gasteiger partial charge in [-0.05, 0) is 92.1 Å². The van der Waals surface area contributed by atoms with Crippen LogP contribution in [-0.2, 0) is 30.3 Å². The molecule has 0 saturated carbocycles. The highest BCUT2D eigenvalue weighted by Gasteiger charge is 2.37. The molecule has 8 rings (SSSR count). The lowest BCUT2D eigenvalue weighted by Gasteiger charge is -2.43. The first-order valence-electron chi connectivity index (χ1n) is 18.7. The molecular formula is C41H49N3O8. The molecule has 0 radical (unpaired) electrons. The fourth-order valence-corrected chi connectivity index (χ4v) is 7.65. The predicted molar refractivity (Wildman–Crippen MR) is 193 cm³/mol. The van der Waals surface area contributed by atoms with Crippen LogP contribution in [0.2, 0.25) is 0 Å². The van der Waals surface area contributed by atoms with Crippen LogP contribution in [0.5, 0.6) is 5.75 Å². The highest BCUT2D eigenvalue weighted by Crippen LogP contribution is 2.31. The summed E-state index contributed by atoms with van der Waals surface area (Å²) < 4.78 is 28.5. The van der Waals surface area contributed by atoms with Crippen LogP contribution < -0.4 is 10.1 Å². The number of likely N-dealkylation sites (tertiary alicyclic amines) is 1. The average Bonchev–Trinajstić information content (AvgIpc) is 3.72. The Morgan fingerprint density at radius 2 is 1.56 bits per heavy atom. The van der Waals surface area contributed by atoms with Crippen LogP contribution in [0.4, 0.5) is 4.79 Å². The first-order valence-corrected chi connectivity index (χ1v) is 18.7. The Bertz CT molecular complexity index is 1630. The molecule has 5 saturated heterocycles. The molecule has 276 valence electrons. The Kier molecular flexibility index (Phi) is 12.0. The van der Waals surface area contributed by atoms with Gasteiger partial charge in [0.25, 0.3) is 5.91 Å². The van der Waals surface area contributed by atoms with E-state index in [2.05, 4.69) is 10.2 Å². The number of benzene rings is 3. The molecule has 11 heteroatoms. The smallest absolute Gasteiger partial charge is 0.408 e. The number of esters is 1. The molecule has 5 fully saturated rings. The van der Waals surface area contributed by atoms with Crippen molar-refractivity contribution in [2.45, 2.75) is 63.6 Å². The molecule has 2 atom stereocenters. The van der Waals surface area contributed by atoms with E-state index in [0.717, 1.165) is 49.2 Å². The Hall–Kier alpha value is -4.45. The van der Waals surface area contributed by atoms with Crippen molar-refractivity contribution >= 4 is 18.0 Å². The van der Waals surface area contributed by atoms with E-state index < -0.39 is 12.1 Å². The second kappa shape index (κ2) is 17.4. The Balaban J connectivity index is 0.887. The zero-order chi connectivity index (χ0) is 35.7. The van der Waals surface area contributed by atoms with Crippen LogP contribution in [0, 0.1) is 11.8 Å². The summed E-state index contributed by atoms with van der Waals surface area (Å²) >= 11 is 0. The molecule has 0 aromatic heterocycles. The maximum Gasteiger partial charge on any atom is 0.408 e. The minimum atomic E-state index is -0.409. The fraction of sp³-hybridized carbons (Fsp3) is 0.488. The number of nitrogens with zero attached hydrogens (tertiary/aromatic N) is 2. The van der Waals surface area contributed by atoms with Gasteiger partial charge in [0.1, 0.15) is 18.5 Å². The number of fused-ring (bicyclic) bond motifs is 3. The number of carbonyl (C=O) groups is 3. The van der Waals surface area contributed by atoms with Crippen LogP contribution in [0.3, 0.4) is 0 Å². The zero-order valence-electron chi connectivity index (χ0n) is 29.7. The highest BCUT2D eigenvalue weighted by atomic mass is 16.7. The zero-order valence-corrected chi connectivity index (χ0v) is 29.7. The lowest BCUT2D eigenvalue weighted by atomic mass is 9.86. The number of piperidine rings is 4. The first-order chi connectivity index (χ1) is 25.5. The molecule has 52 heavy (non-hydrogen) atoms. The van der Waals surface area contributed by atoms with Crippen molar-refractivity contribution in [2.75, 3.05) is 52.5 Å². The van der Waals surface area contributed by atoms with Crippen LogP contribution in [-0.4, -0.2) is 92.7 Å². The lowest BCUT2D eigenvalue weighted by Crippen LogP contribution is -2.52. The van der Waals surface area contributed by atoms with Crippen molar-refractivity contribution in [3.05, 3.63) is 101 Å². The molecule has 2 amide bonds. The van der Waals surface area contributed by atoms with E-state index in [1.54, 1.807) is 4.90 Å². The molecule has 1 N–H and O–H groups in total. The molecule has 3 aromatic rings. The van der Waals surface area contributed by atoms with Gasteiger partial charge in [0.15, 0.2) is 6.29 Å². The Labute approximate surface area is 305 Å². The number of ether oxygens (including phenoxy) is 5. The largest absolute Gasteiger partial charge is 0.489 e. The van der Waals surface area contributed by atoms with Crippen LogP contribution in [0.25, 0.3) is 0 Å². The minimum Gasteiger partial charge on any atom is -0.489 e. The molecule has 2 bridgehead atoms. The molecule has 5 aliphatic heterocycles. The maximum absolute atomic E-state index is 13.3. The van der Waals surface area contributed by atoms with Crippen LogP contribution >= 0.6 is 0 Å². The number of hydrogen-bond acceptors (Lipinski definition) is 9. The number of rotatable bonds is 13. The van der Waals surface area contributed by atoms with Gasteiger partial charge in [0.05, 0.1) is 31.8 Å². The van der Waals surface area contributed by atoms with Crippen molar-refractivity contribution < 1.29 is 38.1 Å². The molecule has 5 aliphatic rings. The summed E-state index contributed by atoms with van der Waals surface area (Å²) in [5.74, 6) is 0.672. The average molecular weight is 712 g/mol. The number of alkyl carbamates (subject to hydrolysis) is 1. The summed E-state index contributed by atoms with van der Waals surface area (Å²) in [6, 6.07) is 24.7. The maximum atomic E-state index is 13.3. The Morgan fingerprint density at radius 3 is 2.27 bits per heavy atom. The third-order valence-corrected chi connectivity index (χ3v) is 10.7. The van der Waals surface area contributed by atoms with Gasteiger partial charge in [-0.2, -0.15) is 0 Å². The predicted octanol–water partition coefficient (Wildman–Crippen LogP) is 5.72. The topological polar surface area (TPSA) is 116 Å². The van der Waals surface area contributed by atoms with Gasteiger partial charge in [-0.1, -0.05) is 54.6 Å². The highest BCUT2D eigenvalue weighted by molar-refractivity contribution is 5.94. The normalized spacial score (nSPS) is 22.5. The second-order valence-electron chi connectivity index (χ2n) is 14.2. The Morgan fingerprint density at radius 1 is 0.827 bits per heavy atom. The van der Waals surface area contributed by atoms with Gasteiger partial charge in [-0.25, -0.2) is 4.79 Å². The summed E-state index contributed by atoms with van der Waals surface area (Å²) in [6.45, 7) is 5.91. The van der Waals surface area contributed by atoms with Crippen LogP contribution in [0.1, 0.15) is 71.6 Å². The number of carbonyl (C=O) groups excluding carboxylic acids is 3. The lowest BCUT2D eigenvalue weighted by molar-refractivity contribution is -0.150. The van der Waals surface area contributed by atoms with E-state index in [4.69, 9.17) is 23.7 Å². The van der Waals surface area contributed by atoms with Crippen LogP contribution in [0.15, 0.2) is 78.9 Å². The van der Waals surface area contributed by atoms with Crippen molar-refractivity contribution in [3.8, 4) is 5.75 Å². The number of nitrogens with one attached hydrogen (secondary N) is 1. The third kappa shape index (κ3) is 9.31. The fourth-order valence-electron chi connectivity index (χ4n) is 7.65. The molecule has 11 nitrogen and oxygen atoms in total. The van der Waals surface area contributed by atoms with Crippen molar-refractivity contribution in [1.29, 1.82) is 0 Å². The monoisotopic (exact) mass is 711 g/mol. The minimum absolute atomic E-state index is 0.0463. The summed E-state index contributed by atoms with van der Waals surface area (Å²) in [7, 11) is 0. The van der Waals surface area contributed by atoms with Crippen molar-refractivity contribution in [3.63, 3.8) is 0 Å². The second-order valence-corrected chi connectivity index (χ2v) is 14.2. The van der Waals surface area contributed by atoms with Gasteiger partial charge < -0.3 is 33.9 Å². The van der Waals surface area contributed by atoms with E-state index in [1.165, 1.54) is 0 Å². The summed E-state index contributed by atoms with van der Waals surface area (Å²) in [5, 5.41) is 3.13. The van der Waals surface area contributed by atoms with E-state index >= 15 is 0 Å². The number of amides is 2. The molecule has 0 aliphatic carbocycles. The number of hydrogen-bond donors (Lipinski definition) is 1. The standard InChI is InChI=1S/C41H49N3O8/c45-39(44-21-17-33(18-22-44)40(46)50-23-5-10-37-48-24-25-49-37)32-13-11-29(12-14-32)28-51-35-9-4-8-34(26-35)38(31-6-2-1-3-7-31)42-41(47)52-36-27-43-19-15-30(36)16-20-43/h1-4,6-9,11-14,26,30,33,36-38H,5,10,15-25,27-28H2,(H,42,47). The molecular weight excluding hydrogens is 662 g/mol. The molecule has 0 spiro atoms. The molecule has 2 unspecified atom stereocenters. The van der Waals surface area contributed by atoms with E-state index in [9.17, 15) is 14.4 Å². The summed E-state index contributed by atoms with van der Waals surface area (Å²) in [6.07, 6.45) is 4.07. The van der Waals surface area contributed by atoms with Crippen molar-refractivity contribution in [2.24, 2.45) is 11.8 Å². The molecule has 5 heterocycles. The van der Waals surface area contributed by atoms with Gasteiger partial charge in [-0.3, -0.25) is 14.5 Å². The quantitative estimate of drug-likeness (QED) is 0.176. The van der Waals surface area contributed by atoms with Crippen molar-refractivity contribution in [1.82, 2.24) is 15.1 Å². The van der Waals surface area contributed by atoms with Gasteiger partial charge in [0.2, 0.25) is 0 Å². The molecule has 3 aromatic carbocycles. The summed E-state index contributed by atoms with van der Waals surface area (Å²) in [4.78, 5) is 43.2. The third-order valence-electron chi connectivity index (χ3n) is 10.7. The SMILES string of the molecule is O=C(NC(c1ccccc1)c1cccc(OCc2ccc(C(=O)N3CCC(C(=O)OCCCC4OCCO4)CC3)cc2)c1)OC1CN2CCC1CC2. The van der Waals surface area contributed by atoms with E-state index in [1.807, 2.05) is 78.9 Å². The van der Waals surface area contributed by atoms with E-state index in [0.29, 0.717) is 82.4 Å². The van der Waals surface area contributed by atoms with Gasteiger partial charge in [-0.15, -0.1) is 0 Å². The first kappa shape index (κ1) is 35.9. The van der Waals surface area contributed by atoms with Gasteiger partial charge >= 0.3 is 12.1 Å². The van der Waals surface area contributed by atoms with E-state index in [-0.39, 0.29) is 30.2 Å². The van der Waals surface area contributed by atoms with Gasteiger partial charge in [0, 0.05) is 31.6 Å².